The van der Waals surface area contributed by atoms with Gasteiger partial charge in [0.15, 0.2) is 0 Å². The number of hydrogen-bond acceptors (Lipinski definition) is 3. The maximum atomic E-state index is 12.5. The highest BCUT2D eigenvalue weighted by atomic mass is 16.5. The Labute approximate surface area is 133 Å². The van der Waals surface area contributed by atoms with Gasteiger partial charge in [-0.3, -0.25) is 4.79 Å². The Morgan fingerprint density at radius 2 is 2.05 bits per heavy atom. The molecule has 2 N–H and O–H groups in total. The van der Waals surface area contributed by atoms with E-state index in [1.807, 2.05) is 7.05 Å². The van der Waals surface area contributed by atoms with Gasteiger partial charge in [0.05, 0.1) is 12.6 Å². The minimum absolute atomic E-state index is 0.0837. The van der Waals surface area contributed by atoms with E-state index in [1.54, 1.807) is 0 Å². The molecule has 2 heterocycles. The topological polar surface area (TPSA) is 55.3 Å². The fraction of sp³-hybridized carbons (Fsp3) is 0.706. The lowest BCUT2D eigenvalue weighted by atomic mass is 10.00. The standard InChI is InChI=1S/C17H29N3O2/c1-12(2)16(19-14-7-9-22-10-8-14)17(21)18-11-15-6-5-13(3)20(15)4/h5-6,12,14,16,19H,7-11H2,1-4H3,(H,18,21)/t16-/m1/s1. The molecule has 1 saturated heterocycles. The maximum absolute atomic E-state index is 12.5. The normalized spacial score (nSPS) is 17.7. The van der Waals surface area contributed by atoms with E-state index in [4.69, 9.17) is 4.74 Å². The number of ether oxygens (including phenoxy) is 1. The number of carbonyl (C=O) groups is 1. The number of rotatable bonds is 6. The van der Waals surface area contributed by atoms with E-state index in [-0.39, 0.29) is 17.9 Å². The maximum Gasteiger partial charge on any atom is 0.237 e. The van der Waals surface area contributed by atoms with Crippen molar-refractivity contribution in [2.24, 2.45) is 13.0 Å². The molecule has 0 radical (unpaired) electrons. The molecule has 5 nitrogen and oxygen atoms in total. The van der Waals surface area contributed by atoms with Crippen molar-refractivity contribution in [2.45, 2.75) is 52.2 Å². The van der Waals surface area contributed by atoms with Gasteiger partial charge in [-0.1, -0.05) is 13.8 Å². The van der Waals surface area contributed by atoms with Gasteiger partial charge in [-0.05, 0) is 37.8 Å². The van der Waals surface area contributed by atoms with E-state index in [9.17, 15) is 4.79 Å². The van der Waals surface area contributed by atoms with Crippen molar-refractivity contribution in [3.05, 3.63) is 23.5 Å². The summed E-state index contributed by atoms with van der Waals surface area (Å²) in [6.45, 7) is 8.38. The van der Waals surface area contributed by atoms with E-state index in [0.717, 1.165) is 31.7 Å². The minimum atomic E-state index is -0.149. The average molecular weight is 307 g/mol. The molecule has 2 rings (SSSR count). The van der Waals surface area contributed by atoms with Crippen LogP contribution in [0.3, 0.4) is 0 Å². The van der Waals surface area contributed by atoms with Crippen LogP contribution in [0, 0.1) is 12.8 Å². The summed E-state index contributed by atoms with van der Waals surface area (Å²) in [5.74, 6) is 0.346. The number of aromatic nitrogens is 1. The minimum Gasteiger partial charge on any atom is -0.381 e. The van der Waals surface area contributed by atoms with Crippen molar-refractivity contribution < 1.29 is 9.53 Å². The highest BCUT2D eigenvalue weighted by molar-refractivity contribution is 5.82. The molecule has 1 aliphatic heterocycles. The van der Waals surface area contributed by atoms with Gasteiger partial charge in [0.2, 0.25) is 5.91 Å². The first kappa shape index (κ1) is 17.0. The molecule has 1 amide bonds. The lowest BCUT2D eigenvalue weighted by Gasteiger charge is -2.30. The summed E-state index contributed by atoms with van der Waals surface area (Å²) >= 11 is 0. The van der Waals surface area contributed by atoms with E-state index >= 15 is 0 Å². The van der Waals surface area contributed by atoms with Crippen LogP contribution in [0.25, 0.3) is 0 Å². The zero-order chi connectivity index (χ0) is 16.1. The molecule has 0 spiro atoms. The third-order valence-electron chi connectivity index (χ3n) is 4.51. The molecule has 5 heteroatoms. The molecule has 124 valence electrons. The molecule has 0 bridgehead atoms. The molecule has 0 saturated carbocycles. The number of nitrogens with one attached hydrogen (secondary N) is 2. The fourth-order valence-corrected chi connectivity index (χ4v) is 2.82. The van der Waals surface area contributed by atoms with Gasteiger partial charge in [-0.25, -0.2) is 0 Å². The van der Waals surface area contributed by atoms with Crippen molar-refractivity contribution in [1.29, 1.82) is 0 Å². The van der Waals surface area contributed by atoms with Crippen LogP contribution < -0.4 is 10.6 Å². The summed E-state index contributed by atoms with van der Waals surface area (Å²) in [5, 5.41) is 6.58. The first-order chi connectivity index (χ1) is 10.5. The SMILES string of the molecule is Cc1ccc(CNC(=O)[C@H](NC2CCOCC2)C(C)C)n1C. The Morgan fingerprint density at radius 1 is 1.36 bits per heavy atom. The van der Waals surface area contributed by atoms with Crippen LogP contribution in [0.15, 0.2) is 12.1 Å². The van der Waals surface area contributed by atoms with E-state index < -0.39 is 0 Å². The van der Waals surface area contributed by atoms with Crippen LogP contribution in [0.1, 0.15) is 38.1 Å². The van der Waals surface area contributed by atoms with Gasteiger partial charge < -0.3 is 19.9 Å². The van der Waals surface area contributed by atoms with Gasteiger partial charge >= 0.3 is 0 Å². The zero-order valence-electron chi connectivity index (χ0n) is 14.2. The predicted octanol–water partition coefficient (Wildman–Crippen LogP) is 1.74. The lowest BCUT2D eigenvalue weighted by Crippen LogP contribution is -2.52. The molecule has 0 aromatic carbocycles. The van der Waals surface area contributed by atoms with Crippen molar-refractivity contribution >= 4 is 5.91 Å². The Kier molecular flexibility index (Phi) is 6.03. The van der Waals surface area contributed by atoms with Crippen LogP contribution in [0.2, 0.25) is 0 Å². The van der Waals surface area contributed by atoms with Gasteiger partial charge in [-0.15, -0.1) is 0 Å². The first-order valence-corrected chi connectivity index (χ1v) is 8.21. The van der Waals surface area contributed by atoms with Crippen molar-refractivity contribution in [2.75, 3.05) is 13.2 Å². The first-order valence-electron chi connectivity index (χ1n) is 8.21. The fourth-order valence-electron chi connectivity index (χ4n) is 2.82. The van der Waals surface area contributed by atoms with Gasteiger partial charge in [0, 0.05) is 37.7 Å². The number of amides is 1. The molecule has 22 heavy (non-hydrogen) atoms. The summed E-state index contributed by atoms with van der Waals surface area (Å²) in [4.78, 5) is 12.5. The second-order valence-corrected chi connectivity index (χ2v) is 6.52. The van der Waals surface area contributed by atoms with E-state index in [2.05, 4.69) is 48.1 Å². The largest absolute Gasteiger partial charge is 0.381 e. The van der Waals surface area contributed by atoms with Gasteiger partial charge in [0.25, 0.3) is 0 Å². The third-order valence-corrected chi connectivity index (χ3v) is 4.51. The number of nitrogens with zero attached hydrogens (tertiary/aromatic N) is 1. The van der Waals surface area contributed by atoms with Crippen LogP contribution >= 0.6 is 0 Å². The lowest BCUT2D eigenvalue weighted by molar-refractivity contribution is -0.124. The van der Waals surface area contributed by atoms with Crippen LogP contribution in [-0.4, -0.2) is 35.8 Å². The Bertz CT molecular complexity index is 490. The second-order valence-electron chi connectivity index (χ2n) is 6.52. The number of carbonyl (C=O) groups excluding carboxylic acids is 1. The average Bonchev–Trinajstić information content (AvgIpc) is 2.82. The molecular weight excluding hydrogens is 278 g/mol. The van der Waals surface area contributed by atoms with E-state index in [1.165, 1.54) is 5.69 Å². The molecule has 0 unspecified atom stereocenters. The summed E-state index contributed by atoms with van der Waals surface area (Å²) in [5.41, 5.74) is 2.32. The molecule has 1 aromatic rings. The monoisotopic (exact) mass is 307 g/mol. The summed E-state index contributed by atoms with van der Waals surface area (Å²) < 4.78 is 7.49. The van der Waals surface area contributed by atoms with Crippen molar-refractivity contribution in [3.8, 4) is 0 Å². The van der Waals surface area contributed by atoms with Crippen LogP contribution in [-0.2, 0) is 23.1 Å². The summed E-state index contributed by atoms with van der Waals surface area (Å²) in [6, 6.07) is 4.36. The molecular formula is C17H29N3O2. The highest BCUT2D eigenvalue weighted by Gasteiger charge is 2.26. The Morgan fingerprint density at radius 3 is 2.59 bits per heavy atom. The molecule has 1 atom stereocenters. The Balaban J connectivity index is 1.90. The third kappa shape index (κ3) is 4.34. The molecule has 1 aromatic heterocycles. The van der Waals surface area contributed by atoms with Crippen LogP contribution in [0.4, 0.5) is 0 Å². The molecule has 1 fully saturated rings. The highest BCUT2D eigenvalue weighted by Crippen LogP contribution is 2.11. The number of hydrogen-bond donors (Lipinski definition) is 2. The predicted molar refractivity (Wildman–Crippen MR) is 87.6 cm³/mol. The molecule has 1 aliphatic rings. The molecule has 0 aliphatic carbocycles. The summed E-state index contributed by atoms with van der Waals surface area (Å²) in [7, 11) is 2.02. The van der Waals surface area contributed by atoms with Gasteiger partial charge in [-0.2, -0.15) is 0 Å². The van der Waals surface area contributed by atoms with Crippen molar-refractivity contribution in [1.82, 2.24) is 15.2 Å². The quantitative estimate of drug-likeness (QED) is 0.842. The van der Waals surface area contributed by atoms with E-state index in [0.29, 0.717) is 12.6 Å². The van der Waals surface area contributed by atoms with Crippen LogP contribution in [0.5, 0.6) is 0 Å². The smallest absolute Gasteiger partial charge is 0.237 e. The zero-order valence-corrected chi connectivity index (χ0v) is 14.2. The second kappa shape index (κ2) is 7.79. The van der Waals surface area contributed by atoms with Gasteiger partial charge in [0.1, 0.15) is 0 Å². The number of aryl methyl sites for hydroxylation is 1. The van der Waals surface area contributed by atoms with Crippen molar-refractivity contribution in [3.63, 3.8) is 0 Å². The Hall–Kier alpha value is -1.33. The summed E-state index contributed by atoms with van der Waals surface area (Å²) in [6.07, 6.45) is 1.96.